The van der Waals surface area contributed by atoms with Crippen molar-refractivity contribution in [3.05, 3.63) is 12.0 Å². The number of hydrogen-bond acceptors (Lipinski definition) is 1. The number of halogens is 1. The van der Waals surface area contributed by atoms with Crippen LogP contribution >= 0.6 is 0 Å². The van der Waals surface area contributed by atoms with Crippen LogP contribution < -0.4 is 5.32 Å². The van der Waals surface area contributed by atoms with E-state index in [9.17, 15) is 4.39 Å². The van der Waals surface area contributed by atoms with Gasteiger partial charge in [0.2, 0.25) is 0 Å². The van der Waals surface area contributed by atoms with Crippen molar-refractivity contribution in [1.82, 2.24) is 5.32 Å². The van der Waals surface area contributed by atoms with Crippen LogP contribution in [0.5, 0.6) is 0 Å². The molecule has 0 saturated heterocycles. The van der Waals surface area contributed by atoms with E-state index in [1.165, 1.54) is 13.1 Å². The largest absolute Gasteiger partial charge is 0.392 e. The zero-order valence-electron chi connectivity index (χ0n) is 3.96. The Labute approximate surface area is 36.9 Å². The Kier molecular flexibility index (Phi) is 2.46. The lowest BCUT2D eigenvalue weighted by Gasteiger charge is -1.81. The van der Waals surface area contributed by atoms with Crippen LogP contribution in [0.25, 0.3) is 0 Å². The molecule has 0 aromatic carbocycles. The zero-order valence-corrected chi connectivity index (χ0v) is 3.96. The van der Waals surface area contributed by atoms with Crippen LogP contribution in [0, 0.1) is 0 Å². The fourth-order valence-corrected chi connectivity index (χ4v) is 0.199. The van der Waals surface area contributed by atoms with Crippen molar-refractivity contribution in [3.8, 4) is 0 Å². The topological polar surface area (TPSA) is 12.0 Å². The molecular formula is C4H8FN. The molecule has 0 bridgehead atoms. The molecule has 6 heavy (non-hydrogen) atoms. The highest BCUT2D eigenvalue weighted by Crippen LogP contribution is 1.85. The molecule has 2 heteroatoms. The van der Waals surface area contributed by atoms with Crippen LogP contribution in [0.4, 0.5) is 4.39 Å². The minimum absolute atomic E-state index is 0.197. The highest BCUT2D eigenvalue weighted by Gasteiger charge is 1.71. The average Bonchev–Trinajstić information content (AvgIpc) is 1.35. The van der Waals surface area contributed by atoms with E-state index in [4.69, 9.17) is 0 Å². The molecule has 1 nitrogen and oxygen atoms in total. The minimum Gasteiger partial charge on any atom is -0.392 e. The van der Waals surface area contributed by atoms with E-state index in [-0.39, 0.29) is 5.83 Å². The number of allylic oxidation sites excluding steroid dienone is 1. The van der Waals surface area contributed by atoms with Crippen molar-refractivity contribution in [1.29, 1.82) is 0 Å². The van der Waals surface area contributed by atoms with Crippen molar-refractivity contribution in [2.45, 2.75) is 6.92 Å². The Balaban J connectivity index is 3.14. The third-order valence-electron chi connectivity index (χ3n) is 0.343. The maximum absolute atomic E-state index is 11.5. The third kappa shape index (κ3) is 3.47. The molecule has 0 spiro atoms. The summed E-state index contributed by atoms with van der Waals surface area (Å²) in [7, 11) is 1.66. The summed E-state index contributed by atoms with van der Waals surface area (Å²) in [6.07, 6.45) is 1.29. The Morgan fingerprint density at radius 1 is 1.83 bits per heavy atom. The first-order valence-corrected chi connectivity index (χ1v) is 1.77. The zero-order chi connectivity index (χ0) is 4.99. The lowest BCUT2D eigenvalue weighted by atomic mass is 10.6. The molecule has 0 aliphatic carbocycles. The molecule has 1 N–H and O–H groups in total. The van der Waals surface area contributed by atoms with Gasteiger partial charge in [0.05, 0.1) is 0 Å². The van der Waals surface area contributed by atoms with E-state index in [0.717, 1.165) is 0 Å². The molecule has 0 aliphatic rings. The monoisotopic (exact) mass is 89.1 g/mol. The first kappa shape index (κ1) is 5.47. The number of rotatable bonds is 1. The second kappa shape index (κ2) is 2.69. The van der Waals surface area contributed by atoms with Crippen LogP contribution in [0.2, 0.25) is 0 Å². The lowest BCUT2D eigenvalue weighted by molar-refractivity contribution is 0.631. The van der Waals surface area contributed by atoms with Gasteiger partial charge in [0.1, 0.15) is 5.83 Å². The Hall–Kier alpha value is -0.530. The summed E-state index contributed by atoms with van der Waals surface area (Å²) in [5, 5.41) is 2.53. The van der Waals surface area contributed by atoms with Gasteiger partial charge in [-0.15, -0.1) is 0 Å². The van der Waals surface area contributed by atoms with E-state index in [0.29, 0.717) is 0 Å². The minimum atomic E-state index is -0.197. The SMILES string of the molecule is CN/C=C(\C)F. The number of nitrogens with one attached hydrogen (secondary N) is 1. The highest BCUT2D eigenvalue weighted by atomic mass is 19.1. The molecule has 0 aromatic heterocycles. The van der Waals surface area contributed by atoms with Crippen molar-refractivity contribution in [2.24, 2.45) is 0 Å². The van der Waals surface area contributed by atoms with E-state index >= 15 is 0 Å². The predicted molar refractivity (Wildman–Crippen MR) is 23.9 cm³/mol. The van der Waals surface area contributed by atoms with Crippen molar-refractivity contribution in [3.63, 3.8) is 0 Å². The average molecular weight is 89.1 g/mol. The van der Waals surface area contributed by atoms with E-state index in [1.54, 1.807) is 7.05 Å². The first-order valence-electron chi connectivity index (χ1n) is 1.77. The Bertz CT molecular complexity index is 54.6. The lowest BCUT2D eigenvalue weighted by Crippen LogP contribution is -1.91. The van der Waals surface area contributed by atoms with Gasteiger partial charge in [-0.1, -0.05) is 0 Å². The van der Waals surface area contributed by atoms with E-state index in [2.05, 4.69) is 5.32 Å². The smallest absolute Gasteiger partial charge is 0.112 e. The molecule has 0 atom stereocenters. The Morgan fingerprint density at radius 3 is 2.33 bits per heavy atom. The summed E-state index contributed by atoms with van der Waals surface area (Å²) in [6, 6.07) is 0. The molecule has 0 heterocycles. The molecule has 0 radical (unpaired) electrons. The highest BCUT2D eigenvalue weighted by molar-refractivity contribution is 4.82. The fourth-order valence-electron chi connectivity index (χ4n) is 0.199. The second-order valence-corrected chi connectivity index (χ2v) is 1.02. The summed E-state index contributed by atoms with van der Waals surface area (Å²) < 4.78 is 11.5. The van der Waals surface area contributed by atoms with Gasteiger partial charge in [-0.2, -0.15) is 0 Å². The first-order chi connectivity index (χ1) is 2.77. The van der Waals surface area contributed by atoms with Crippen LogP contribution in [0.3, 0.4) is 0 Å². The molecular weight excluding hydrogens is 81.0 g/mol. The molecule has 36 valence electrons. The van der Waals surface area contributed by atoms with Crippen LogP contribution in [-0.4, -0.2) is 7.05 Å². The standard InChI is InChI=1S/C4H8FN/c1-4(5)3-6-2/h3,6H,1-2H3/b4-3+. The van der Waals surface area contributed by atoms with Crippen molar-refractivity contribution >= 4 is 0 Å². The Morgan fingerprint density at radius 2 is 2.33 bits per heavy atom. The van der Waals surface area contributed by atoms with Crippen molar-refractivity contribution < 1.29 is 4.39 Å². The predicted octanol–water partition coefficient (Wildman–Crippen LogP) is 1.04. The molecule has 0 fully saturated rings. The summed E-state index contributed by atoms with van der Waals surface area (Å²) in [5.74, 6) is -0.197. The van der Waals surface area contributed by atoms with Gasteiger partial charge in [-0.3, -0.25) is 0 Å². The summed E-state index contributed by atoms with van der Waals surface area (Å²) in [4.78, 5) is 0. The van der Waals surface area contributed by atoms with Gasteiger partial charge in [-0.25, -0.2) is 4.39 Å². The molecule has 0 aromatic rings. The second-order valence-electron chi connectivity index (χ2n) is 1.02. The molecule has 0 unspecified atom stereocenters. The van der Waals surface area contributed by atoms with Gasteiger partial charge in [0.25, 0.3) is 0 Å². The van der Waals surface area contributed by atoms with Gasteiger partial charge in [0, 0.05) is 13.2 Å². The van der Waals surface area contributed by atoms with Gasteiger partial charge < -0.3 is 5.32 Å². The maximum Gasteiger partial charge on any atom is 0.112 e. The van der Waals surface area contributed by atoms with Gasteiger partial charge >= 0.3 is 0 Å². The van der Waals surface area contributed by atoms with E-state index in [1.807, 2.05) is 0 Å². The molecule has 0 aliphatic heterocycles. The van der Waals surface area contributed by atoms with Crippen molar-refractivity contribution in [2.75, 3.05) is 7.05 Å². The summed E-state index contributed by atoms with van der Waals surface area (Å²) >= 11 is 0. The summed E-state index contributed by atoms with van der Waals surface area (Å²) in [5.41, 5.74) is 0. The molecule has 0 amide bonds. The van der Waals surface area contributed by atoms with Crippen LogP contribution in [-0.2, 0) is 0 Å². The van der Waals surface area contributed by atoms with Gasteiger partial charge in [-0.05, 0) is 6.92 Å². The fraction of sp³-hybridized carbons (Fsp3) is 0.500. The molecule has 0 rings (SSSR count). The van der Waals surface area contributed by atoms with E-state index < -0.39 is 0 Å². The maximum atomic E-state index is 11.5. The quantitative estimate of drug-likeness (QED) is 0.506. The van der Waals surface area contributed by atoms with Gasteiger partial charge in [0.15, 0.2) is 0 Å². The van der Waals surface area contributed by atoms with Crippen LogP contribution in [0.1, 0.15) is 6.92 Å². The van der Waals surface area contributed by atoms with Crippen LogP contribution in [0.15, 0.2) is 12.0 Å². The third-order valence-corrected chi connectivity index (χ3v) is 0.343. The molecule has 0 saturated carbocycles. The summed E-state index contributed by atoms with van der Waals surface area (Å²) in [6.45, 7) is 1.39. The number of hydrogen-bond donors (Lipinski definition) is 1. The normalized spacial score (nSPS) is 11.5.